The van der Waals surface area contributed by atoms with Crippen LogP contribution in [0.2, 0.25) is 0 Å². The Balaban J connectivity index is 0.00000103. The molecule has 3 saturated heterocycles. The van der Waals surface area contributed by atoms with Crippen LogP contribution in [0, 0.1) is 5.92 Å². The molecule has 6 rings (SSSR count). The summed E-state index contributed by atoms with van der Waals surface area (Å²) in [5, 5.41) is 6.97. The Morgan fingerprint density at radius 1 is 0.875 bits per heavy atom. The van der Waals surface area contributed by atoms with E-state index in [1.54, 1.807) is 6.33 Å². The van der Waals surface area contributed by atoms with Crippen LogP contribution >= 0.6 is 0 Å². The van der Waals surface area contributed by atoms with Gasteiger partial charge >= 0.3 is 6.03 Å². The number of aromatic nitrogens is 2. The summed E-state index contributed by atoms with van der Waals surface area (Å²) < 4.78 is 5.44. The van der Waals surface area contributed by atoms with Crippen molar-refractivity contribution >= 4 is 34.0 Å². The van der Waals surface area contributed by atoms with Crippen LogP contribution in [0.15, 0.2) is 48.8 Å². The third kappa shape index (κ3) is 6.64. The lowest BCUT2D eigenvalue weighted by Crippen LogP contribution is -2.40. The first-order chi connectivity index (χ1) is 19.6. The van der Waals surface area contributed by atoms with Crippen molar-refractivity contribution in [1.29, 1.82) is 0 Å². The number of benzene rings is 2. The van der Waals surface area contributed by atoms with Crippen LogP contribution < -0.4 is 20.4 Å². The molecular weight excluding hydrogens is 502 g/mol. The van der Waals surface area contributed by atoms with E-state index < -0.39 is 0 Å². The Hall–Kier alpha value is -3.43. The molecule has 0 radical (unpaired) electrons. The molecule has 0 bridgehead atoms. The van der Waals surface area contributed by atoms with Gasteiger partial charge in [0.2, 0.25) is 0 Å². The van der Waals surface area contributed by atoms with E-state index >= 15 is 0 Å². The van der Waals surface area contributed by atoms with Gasteiger partial charge in [0.1, 0.15) is 6.33 Å². The predicted molar refractivity (Wildman–Crippen MR) is 163 cm³/mol. The molecule has 1 aromatic heterocycles. The van der Waals surface area contributed by atoms with Gasteiger partial charge in [0.15, 0.2) is 0 Å². The average molecular weight is 546 g/mol. The van der Waals surface area contributed by atoms with E-state index in [9.17, 15) is 4.79 Å². The summed E-state index contributed by atoms with van der Waals surface area (Å²) in [5.74, 6) is 1.08. The smallest absolute Gasteiger partial charge is 0.321 e. The Kier molecular flexibility index (Phi) is 9.34. The van der Waals surface area contributed by atoms with Gasteiger partial charge in [-0.1, -0.05) is 6.92 Å². The third-order valence-electron chi connectivity index (χ3n) is 8.10. The molecule has 40 heavy (non-hydrogen) atoms. The van der Waals surface area contributed by atoms with Crippen LogP contribution in [0.1, 0.15) is 37.8 Å². The molecule has 3 aliphatic heterocycles. The number of hydrogen-bond acceptors (Lipinski definition) is 7. The molecule has 4 heterocycles. The van der Waals surface area contributed by atoms with E-state index in [0.717, 1.165) is 93.5 Å². The molecule has 1 atom stereocenters. The van der Waals surface area contributed by atoms with Gasteiger partial charge in [-0.2, -0.15) is 0 Å². The van der Waals surface area contributed by atoms with Crippen LogP contribution in [0.25, 0.3) is 10.9 Å². The number of ether oxygens (including phenoxy) is 1. The molecule has 214 valence electrons. The Bertz CT molecular complexity index is 1250. The summed E-state index contributed by atoms with van der Waals surface area (Å²) in [6, 6.07) is 14.7. The van der Waals surface area contributed by atoms with Crippen LogP contribution in [0.4, 0.5) is 21.9 Å². The van der Waals surface area contributed by atoms with E-state index in [1.165, 1.54) is 17.8 Å². The predicted octanol–water partition coefficient (Wildman–Crippen LogP) is 4.56. The highest BCUT2D eigenvalue weighted by atomic mass is 16.5. The van der Waals surface area contributed by atoms with Crippen LogP contribution in [0.5, 0.6) is 0 Å². The summed E-state index contributed by atoms with van der Waals surface area (Å²) in [6.07, 6.45) is 4.76. The lowest BCUT2D eigenvalue weighted by molar-refractivity contribution is 0.122. The Morgan fingerprint density at radius 3 is 2.25 bits per heavy atom. The number of anilines is 3. The highest BCUT2D eigenvalue weighted by molar-refractivity contribution is 5.89. The van der Waals surface area contributed by atoms with E-state index in [1.807, 2.05) is 31.1 Å². The number of likely N-dealkylation sites (tertiary alicyclic amines) is 1. The number of amides is 2. The topological polar surface area (TPSA) is 85.9 Å². The number of hydrogen-bond donors (Lipinski definition) is 2. The normalized spacial score (nSPS) is 19.9. The maximum Gasteiger partial charge on any atom is 0.321 e. The molecule has 3 aromatic rings. The summed E-state index contributed by atoms with van der Waals surface area (Å²) in [5.41, 5.74) is 5.38. The number of nitrogens with one attached hydrogen (secondary N) is 2. The number of piperidine rings is 1. The lowest BCUT2D eigenvalue weighted by atomic mass is 9.91. The van der Waals surface area contributed by atoms with E-state index in [2.05, 4.69) is 62.7 Å². The third-order valence-corrected chi connectivity index (χ3v) is 8.10. The molecule has 2 aromatic carbocycles. The van der Waals surface area contributed by atoms with Crippen LogP contribution in [-0.4, -0.2) is 87.5 Å². The molecule has 0 saturated carbocycles. The second-order valence-corrected chi connectivity index (χ2v) is 11.1. The monoisotopic (exact) mass is 545 g/mol. The average Bonchev–Trinajstić information content (AvgIpc) is 3.44. The molecule has 2 amide bonds. The van der Waals surface area contributed by atoms with Crippen LogP contribution in [0.3, 0.4) is 0 Å². The maximum absolute atomic E-state index is 13.0. The van der Waals surface area contributed by atoms with Gasteiger partial charge in [-0.05, 0) is 81.7 Å². The Labute approximate surface area is 237 Å². The fourth-order valence-electron chi connectivity index (χ4n) is 5.89. The van der Waals surface area contributed by atoms with Crippen molar-refractivity contribution in [1.82, 2.24) is 20.2 Å². The molecular formula is C31H43N7O2. The molecule has 1 unspecified atom stereocenters. The number of fused-ring (bicyclic) bond motifs is 1. The first-order valence-electron chi connectivity index (χ1n) is 14.6. The van der Waals surface area contributed by atoms with Crippen molar-refractivity contribution in [3.63, 3.8) is 0 Å². The largest absolute Gasteiger partial charge is 0.378 e. The van der Waals surface area contributed by atoms with Crippen molar-refractivity contribution in [2.45, 2.75) is 32.1 Å². The minimum Gasteiger partial charge on any atom is -0.378 e. The zero-order valence-electron chi connectivity index (χ0n) is 24.1. The maximum atomic E-state index is 13.0. The molecule has 0 spiro atoms. The summed E-state index contributed by atoms with van der Waals surface area (Å²) in [6.45, 7) is 9.31. The van der Waals surface area contributed by atoms with Gasteiger partial charge in [0, 0.05) is 67.6 Å². The van der Waals surface area contributed by atoms with Gasteiger partial charge in [-0.25, -0.2) is 14.8 Å². The van der Waals surface area contributed by atoms with E-state index in [4.69, 9.17) is 9.72 Å². The first kappa shape index (κ1) is 28.1. The number of carbonyl (C=O) groups is 1. The molecule has 9 heteroatoms. The van der Waals surface area contributed by atoms with E-state index in [0.29, 0.717) is 5.92 Å². The molecule has 0 aliphatic carbocycles. The minimum absolute atomic E-state index is 0.0328. The van der Waals surface area contributed by atoms with Crippen molar-refractivity contribution < 1.29 is 9.53 Å². The number of carbonyl (C=O) groups excluding carboxylic acids is 1. The minimum atomic E-state index is -0.0328. The van der Waals surface area contributed by atoms with Crippen molar-refractivity contribution in [3.8, 4) is 0 Å². The van der Waals surface area contributed by atoms with Crippen LogP contribution in [-0.2, 0) is 4.74 Å². The Morgan fingerprint density at radius 2 is 1.57 bits per heavy atom. The van der Waals surface area contributed by atoms with Gasteiger partial charge in [0.25, 0.3) is 0 Å². The first-order valence-corrected chi connectivity index (χ1v) is 14.6. The van der Waals surface area contributed by atoms with E-state index in [-0.39, 0.29) is 6.03 Å². The SMILES string of the molecule is CC1CCN(c2ccc3c(C4CCN(C(=O)Nc5ccc(N6CCOCC6)cc5)CC4)ncnc3c2)C1.CNC. The molecule has 9 nitrogen and oxygen atoms in total. The summed E-state index contributed by atoms with van der Waals surface area (Å²) in [7, 11) is 3.75. The van der Waals surface area contributed by atoms with Gasteiger partial charge in [0.05, 0.1) is 24.4 Å². The lowest BCUT2D eigenvalue weighted by Gasteiger charge is -2.32. The fourth-order valence-corrected chi connectivity index (χ4v) is 5.89. The van der Waals surface area contributed by atoms with Crippen molar-refractivity contribution in [2.75, 3.05) is 81.7 Å². The van der Waals surface area contributed by atoms with Crippen molar-refractivity contribution in [2.24, 2.45) is 5.92 Å². The standard InChI is InChI=1S/C29H36N6O2.C2H7N/c1-21-8-11-35(19-21)25-6-7-26-27(18-25)30-20-31-28(26)22-9-12-34(13-10-22)29(36)32-23-2-4-24(5-3-23)33-14-16-37-17-15-33;1-3-2/h2-7,18,20-22H,8-17,19H2,1H3,(H,32,36);3H,1-2H3. The van der Waals surface area contributed by atoms with Crippen molar-refractivity contribution in [3.05, 3.63) is 54.5 Å². The van der Waals surface area contributed by atoms with Gasteiger partial charge in [-0.3, -0.25) is 0 Å². The van der Waals surface area contributed by atoms with Gasteiger partial charge in [-0.15, -0.1) is 0 Å². The number of rotatable bonds is 4. The zero-order valence-corrected chi connectivity index (χ0v) is 24.1. The summed E-state index contributed by atoms with van der Waals surface area (Å²) in [4.78, 5) is 28.9. The number of urea groups is 1. The molecule has 3 aliphatic rings. The zero-order chi connectivity index (χ0) is 27.9. The summed E-state index contributed by atoms with van der Waals surface area (Å²) >= 11 is 0. The second kappa shape index (κ2) is 13.3. The highest BCUT2D eigenvalue weighted by Crippen LogP contribution is 2.33. The molecule has 3 fully saturated rings. The number of morpholine rings is 1. The number of nitrogens with zero attached hydrogens (tertiary/aromatic N) is 5. The quantitative estimate of drug-likeness (QED) is 0.497. The van der Waals surface area contributed by atoms with Gasteiger partial charge < -0.3 is 30.1 Å². The second-order valence-electron chi connectivity index (χ2n) is 11.1. The fraction of sp³-hybridized carbons (Fsp3) is 0.516. The molecule has 2 N–H and O–H groups in total. The highest BCUT2D eigenvalue weighted by Gasteiger charge is 2.27.